The molecule has 3 rings (SSSR count). The zero-order chi connectivity index (χ0) is 16.0. The van der Waals surface area contributed by atoms with E-state index in [0.29, 0.717) is 18.5 Å². The second kappa shape index (κ2) is 5.77. The van der Waals surface area contributed by atoms with Crippen molar-refractivity contribution in [1.82, 2.24) is 0 Å². The van der Waals surface area contributed by atoms with Crippen LogP contribution in [0.3, 0.4) is 0 Å². The molecular weight excluding hydrogens is 418 g/mol. The number of hydrogen-bond acceptors (Lipinski definition) is 4. The van der Waals surface area contributed by atoms with Crippen molar-refractivity contribution >= 4 is 55.3 Å². The molecule has 5 nitrogen and oxygen atoms in total. The lowest BCUT2D eigenvalue weighted by molar-refractivity contribution is -0.255. The van der Waals surface area contributed by atoms with E-state index in [-0.39, 0.29) is 38.9 Å². The summed E-state index contributed by atoms with van der Waals surface area (Å²) in [5.41, 5.74) is 0.244. The maximum absolute atomic E-state index is 12.6. The number of carbonyl (C=O) groups is 3. The molecule has 0 N–H and O–H groups in total. The number of fused-ring (bicyclic) bond motifs is 1. The number of carboxylic acids is 1. The largest absolute Gasteiger partial charge is 0.545 e. The number of aromatic carboxylic acids is 1. The molecule has 1 saturated carbocycles. The predicted octanol–water partition coefficient (Wildman–Crippen LogP) is 1.48. The molecule has 0 radical (unpaired) electrons. The first-order valence-corrected chi connectivity index (χ1v) is 8.70. The van der Waals surface area contributed by atoms with Crippen LogP contribution in [0.25, 0.3) is 0 Å². The molecule has 0 unspecified atom stereocenters. The van der Waals surface area contributed by atoms with Crippen molar-refractivity contribution in [2.45, 2.75) is 22.5 Å². The fraction of sp³-hybridized carbons (Fsp3) is 0.400. The van der Waals surface area contributed by atoms with E-state index in [9.17, 15) is 19.5 Å². The summed E-state index contributed by atoms with van der Waals surface area (Å²) in [6.07, 6.45) is 1.17. The fourth-order valence-electron chi connectivity index (χ4n) is 3.12. The summed E-state index contributed by atoms with van der Waals surface area (Å²) in [7, 11) is 0. The van der Waals surface area contributed by atoms with Gasteiger partial charge in [-0.1, -0.05) is 44.0 Å². The molecule has 7 heteroatoms. The van der Waals surface area contributed by atoms with E-state index in [1.165, 1.54) is 18.2 Å². The number of hydrogen-bond donors (Lipinski definition) is 0. The third-order valence-corrected chi connectivity index (χ3v) is 6.98. The normalized spacial score (nSPS) is 31.3. The molecule has 1 heterocycles. The van der Waals surface area contributed by atoms with E-state index in [1.54, 1.807) is 6.07 Å². The van der Waals surface area contributed by atoms with Gasteiger partial charge in [0.2, 0.25) is 11.8 Å². The molecular formula is C15H12Br2NO4-. The van der Waals surface area contributed by atoms with E-state index < -0.39 is 5.97 Å². The number of anilines is 1. The van der Waals surface area contributed by atoms with Crippen LogP contribution in [0.2, 0.25) is 0 Å². The molecule has 1 aromatic carbocycles. The highest BCUT2D eigenvalue weighted by Crippen LogP contribution is 2.44. The molecule has 1 aliphatic carbocycles. The van der Waals surface area contributed by atoms with Crippen LogP contribution in [0.1, 0.15) is 23.2 Å². The van der Waals surface area contributed by atoms with E-state index in [4.69, 9.17) is 0 Å². The van der Waals surface area contributed by atoms with Gasteiger partial charge in [0.05, 0.1) is 23.5 Å². The molecule has 0 aromatic heterocycles. The maximum Gasteiger partial charge on any atom is 0.237 e. The number of benzene rings is 1. The van der Waals surface area contributed by atoms with Crippen molar-refractivity contribution in [3.05, 3.63) is 29.8 Å². The fourth-order valence-corrected chi connectivity index (χ4v) is 4.36. The Bertz CT molecular complexity index is 635. The summed E-state index contributed by atoms with van der Waals surface area (Å²) < 4.78 is 0. The summed E-state index contributed by atoms with van der Waals surface area (Å²) in [4.78, 5) is 37.5. The minimum absolute atomic E-state index is 0.0512. The van der Waals surface area contributed by atoms with Crippen LogP contribution >= 0.6 is 31.9 Å². The molecule has 2 fully saturated rings. The third kappa shape index (κ3) is 2.50. The van der Waals surface area contributed by atoms with Gasteiger partial charge >= 0.3 is 0 Å². The first-order chi connectivity index (χ1) is 10.4. The molecule has 1 aliphatic heterocycles. The number of alkyl halides is 2. The lowest BCUT2D eigenvalue weighted by Crippen LogP contribution is -2.34. The van der Waals surface area contributed by atoms with Crippen LogP contribution in [0.4, 0.5) is 5.69 Å². The molecule has 22 heavy (non-hydrogen) atoms. The second-order valence-electron chi connectivity index (χ2n) is 5.57. The highest BCUT2D eigenvalue weighted by molar-refractivity contribution is 9.12. The Labute approximate surface area is 143 Å². The molecule has 0 spiro atoms. The predicted molar refractivity (Wildman–Crippen MR) is 84.9 cm³/mol. The van der Waals surface area contributed by atoms with Gasteiger partial charge in [0.1, 0.15) is 0 Å². The van der Waals surface area contributed by atoms with Gasteiger partial charge < -0.3 is 9.90 Å². The number of carbonyl (C=O) groups excluding carboxylic acids is 3. The quantitative estimate of drug-likeness (QED) is 0.527. The van der Waals surface area contributed by atoms with Crippen molar-refractivity contribution in [1.29, 1.82) is 0 Å². The SMILES string of the molecule is O=C([O-])c1cccc(N2C(=O)[C@H]3C[C@@H](Br)[C@@H](Br)C[C@@H]3C2=O)c1. The zero-order valence-corrected chi connectivity index (χ0v) is 14.5. The standard InChI is InChI=1S/C15H13Br2NO4/c16-11-5-9-10(6-12(11)17)14(20)18(13(9)19)8-3-1-2-7(4-8)15(21)22/h1-4,9-12H,5-6H2,(H,21,22)/p-1/t9-,10-,11-,12+/m0/s1. The molecule has 0 bridgehead atoms. The zero-order valence-electron chi connectivity index (χ0n) is 11.4. The summed E-state index contributed by atoms with van der Waals surface area (Å²) in [5.74, 6) is -2.54. The average molecular weight is 430 g/mol. The van der Waals surface area contributed by atoms with E-state index >= 15 is 0 Å². The van der Waals surface area contributed by atoms with Gasteiger partial charge in [-0.05, 0) is 30.5 Å². The van der Waals surface area contributed by atoms with Crippen molar-refractivity contribution in [2.24, 2.45) is 11.8 Å². The van der Waals surface area contributed by atoms with Crippen LogP contribution in [-0.4, -0.2) is 27.4 Å². The van der Waals surface area contributed by atoms with Crippen molar-refractivity contribution in [3.8, 4) is 0 Å². The van der Waals surface area contributed by atoms with Crippen LogP contribution in [0.5, 0.6) is 0 Å². The summed E-state index contributed by atoms with van der Waals surface area (Å²) >= 11 is 7.06. The van der Waals surface area contributed by atoms with Crippen molar-refractivity contribution < 1.29 is 19.5 Å². The molecule has 116 valence electrons. The smallest absolute Gasteiger partial charge is 0.237 e. The monoisotopic (exact) mass is 428 g/mol. The van der Waals surface area contributed by atoms with Gasteiger partial charge in [-0.3, -0.25) is 14.5 Å². The number of imide groups is 1. The Morgan fingerprint density at radius 1 is 1.09 bits per heavy atom. The minimum Gasteiger partial charge on any atom is -0.545 e. The van der Waals surface area contributed by atoms with E-state index in [0.717, 1.165) is 4.90 Å². The van der Waals surface area contributed by atoms with Gasteiger partial charge in [0.25, 0.3) is 0 Å². The first kappa shape index (κ1) is 15.7. The van der Waals surface area contributed by atoms with Crippen molar-refractivity contribution in [2.75, 3.05) is 4.90 Å². The topological polar surface area (TPSA) is 77.5 Å². The second-order valence-corrected chi connectivity index (χ2v) is 7.92. The lowest BCUT2D eigenvalue weighted by Gasteiger charge is -2.29. The Kier molecular flexibility index (Phi) is 4.11. The van der Waals surface area contributed by atoms with Gasteiger partial charge in [0, 0.05) is 9.65 Å². The summed E-state index contributed by atoms with van der Waals surface area (Å²) in [5, 5.41) is 11.0. The molecule has 2 aliphatic rings. The molecule has 1 aromatic rings. The minimum atomic E-state index is -1.33. The van der Waals surface area contributed by atoms with Crippen molar-refractivity contribution in [3.63, 3.8) is 0 Å². The Morgan fingerprint density at radius 2 is 1.64 bits per heavy atom. The van der Waals surface area contributed by atoms with Gasteiger partial charge in [-0.25, -0.2) is 0 Å². The van der Waals surface area contributed by atoms with Gasteiger partial charge in [0.15, 0.2) is 0 Å². The molecule has 1 saturated heterocycles. The van der Waals surface area contributed by atoms with Gasteiger partial charge in [-0.15, -0.1) is 0 Å². The maximum atomic E-state index is 12.6. The lowest BCUT2D eigenvalue weighted by atomic mass is 9.81. The number of nitrogens with zero attached hydrogens (tertiary/aromatic N) is 1. The van der Waals surface area contributed by atoms with E-state index in [1.807, 2.05) is 0 Å². The average Bonchev–Trinajstić information content (AvgIpc) is 2.71. The number of halogens is 2. The molecule has 2 amide bonds. The van der Waals surface area contributed by atoms with Crippen LogP contribution in [0, 0.1) is 11.8 Å². The first-order valence-electron chi connectivity index (χ1n) is 6.87. The van der Waals surface area contributed by atoms with Crippen LogP contribution < -0.4 is 10.0 Å². The number of rotatable bonds is 2. The molecule has 4 atom stereocenters. The number of amides is 2. The Hall–Kier alpha value is -1.21. The number of carboxylic acid groups (broad SMARTS) is 1. The highest BCUT2D eigenvalue weighted by Gasteiger charge is 2.52. The highest BCUT2D eigenvalue weighted by atomic mass is 79.9. The third-order valence-electron chi connectivity index (χ3n) is 4.25. The van der Waals surface area contributed by atoms with Gasteiger partial charge in [-0.2, -0.15) is 0 Å². The Balaban J connectivity index is 1.95. The summed E-state index contributed by atoms with van der Waals surface area (Å²) in [6, 6.07) is 5.75. The van der Waals surface area contributed by atoms with Crippen LogP contribution in [-0.2, 0) is 9.59 Å². The van der Waals surface area contributed by atoms with E-state index in [2.05, 4.69) is 31.9 Å². The summed E-state index contributed by atoms with van der Waals surface area (Å²) in [6.45, 7) is 0. The Morgan fingerprint density at radius 3 is 2.14 bits per heavy atom. The van der Waals surface area contributed by atoms with Crippen LogP contribution in [0.15, 0.2) is 24.3 Å².